The molecule has 1 aliphatic heterocycles. The Labute approximate surface area is 196 Å². The minimum atomic E-state index is -4.46. The first-order valence-corrected chi connectivity index (χ1v) is 11.3. The molecule has 0 unspecified atom stereocenters. The number of methoxy groups -OCH3 is 1. The topological polar surface area (TPSA) is 70.6 Å². The quantitative estimate of drug-likeness (QED) is 0.691. The second-order valence-electron chi connectivity index (χ2n) is 8.46. The molecular formula is C24H28F3N5O2. The second-order valence-corrected chi connectivity index (χ2v) is 8.46. The second kappa shape index (κ2) is 9.61. The number of likely N-dealkylation sites (N-methyl/N-ethyl adjacent to an activating group) is 1. The number of alkyl halides is 3. The Morgan fingerprint density at radius 2 is 1.91 bits per heavy atom. The number of halogens is 3. The zero-order valence-electron chi connectivity index (χ0n) is 19.5. The highest BCUT2D eigenvalue weighted by Crippen LogP contribution is 2.42. The molecule has 1 fully saturated rings. The van der Waals surface area contributed by atoms with E-state index in [1.807, 2.05) is 11.9 Å². The van der Waals surface area contributed by atoms with E-state index in [1.165, 1.54) is 7.11 Å². The van der Waals surface area contributed by atoms with E-state index in [0.717, 1.165) is 24.7 Å². The number of ether oxygens (including phenoxy) is 1. The molecule has 2 aliphatic rings. The number of rotatable bonds is 6. The van der Waals surface area contributed by atoms with Crippen LogP contribution in [0.15, 0.2) is 24.3 Å². The number of hydrogen-bond acceptors (Lipinski definition) is 6. The summed E-state index contributed by atoms with van der Waals surface area (Å²) in [6.07, 6.45) is -2.94. The largest absolute Gasteiger partial charge is 0.496 e. The van der Waals surface area contributed by atoms with Gasteiger partial charge in [-0.05, 0) is 26.1 Å². The van der Waals surface area contributed by atoms with Crippen molar-refractivity contribution in [1.29, 1.82) is 0 Å². The van der Waals surface area contributed by atoms with Crippen LogP contribution in [-0.2, 0) is 12.8 Å². The van der Waals surface area contributed by atoms with Gasteiger partial charge in [0.1, 0.15) is 17.4 Å². The van der Waals surface area contributed by atoms with Gasteiger partial charge in [-0.2, -0.15) is 13.2 Å². The lowest BCUT2D eigenvalue weighted by Gasteiger charge is -2.32. The molecule has 1 aromatic carbocycles. The Bertz CT molecular complexity index is 1110. The molecule has 4 rings (SSSR count). The number of nitrogens with one attached hydrogen (secondary N) is 1. The number of hydrogen-bond donors (Lipinski definition) is 1. The molecule has 0 bridgehead atoms. The van der Waals surface area contributed by atoms with Gasteiger partial charge in [-0.1, -0.05) is 12.1 Å². The van der Waals surface area contributed by atoms with E-state index in [1.54, 1.807) is 25.1 Å². The SMILES string of the molecule is CCNc1nc(Cc2ccc(C(=O)N3CCN(C)CC3)cc2OC)nc2c1C(C(F)(F)F)=CC2. The van der Waals surface area contributed by atoms with Crippen molar-refractivity contribution in [2.75, 3.05) is 52.2 Å². The molecule has 2 aromatic rings. The number of piperazine rings is 1. The minimum Gasteiger partial charge on any atom is -0.496 e. The van der Waals surface area contributed by atoms with Crippen LogP contribution in [0.25, 0.3) is 5.57 Å². The summed E-state index contributed by atoms with van der Waals surface area (Å²) in [5.41, 5.74) is 0.968. The summed E-state index contributed by atoms with van der Waals surface area (Å²) in [7, 11) is 3.55. The van der Waals surface area contributed by atoms with E-state index in [-0.39, 0.29) is 30.1 Å². The number of nitrogens with zero attached hydrogens (tertiary/aromatic N) is 4. The van der Waals surface area contributed by atoms with Gasteiger partial charge >= 0.3 is 6.18 Å². The summed E-state index contributed by atoms with van der Waals surface area (Å²) in [5, 5.41) is 2.95. The normalized spacial score (nSPS) is 16.3. The summed E-state index contributed by atoms with van der Waals surface area (Å²) in [5.74, 6) is 1.04. The van der Waals surface area contributed by atoms with E-state index in [4.69, 9.17) is 4.74 Å². The Balaban J connectivity index is 1.59. The molecule has 0 saturated carbocycles. The molecule has 1 aliphatic carbocycles. The summed E-state index contributed by atoms with van der Waals surface area (Å²) >= 11 is 0. The molecule has 2 heterocycles. The highest BCUT2D eigenvalue weighted by molar-refractivity contribution is 5.95. The molecule has 1 saturated heterocycles. The lowest BCUT2D eigenvalue weighted by Crippen LogP contribution is -2.47. The molecule has 0 spiro atoms. The van der Waals surface area contributed by atoms with Crippen LogP contribution >= 0.6 is 0 Å². The Morgan fingerprint density at radius 3 is 2.56 bits per heavy atom. The van der Waals surface area contributed by atoms with Gasteiger partial charge < -0.3 is 19.9 Å². The third kappa shape index (κ3) is 4.86. The van der Waals surface area contributed by atoms with Gasteiger partial charge in [0.15, 0.2) is 0 Å². The minimum absolute atomic E-state index is 0.0261. The van der Waals surface area contributed by atoms with Crippen LogP contribution in [0.5, 0.6) is 5.75 Å². The lowest BCUT2D eigenvalue weighted by atomic mass is 10.0. The van der Waals surface area contributed by atoms with Crippen LogP contribution in [0.3, 0.4) is 0 Å². The number of allylic oxidation sites excluding steroid dienone is 2. The van der Waals surface area contributed by atoms with Gasteiger partial charge in [-0.3, -0.25) is 4.79 Å². The molecule has 34 heavy (non-hydrogen) atoms. The van der Waals surface area contributed by atoms with Crippen molar-refractivity contribution >= 4 is 17.3 Å². The predicted octanol–water partition coefficient (Wildman–Crippen LogP) is 3.40. The zero-order chi connectivity index (χ0) is 24.5. The maximum absolute atomic E-state index is 13.5. The molecule has 1 aromatic heterocycles. The van der Waals surface area contributed by atoms with Crippen LogP contribution < -0.4 is 10.1 Å². The van der Waals surface area contributed by atoms with Gasteiger partial charge in [0.25, 0.3) is 5.91 Å². The van der Waals surface area contributed by atoms with Crippen LogP contribution in [0.4, 0.5) is 19.0 Å². The van der Waals surface area contributed by atoms with E-state index >= 15 is 0 Å². The first-order valence-electron chi connectivity index (χ1n) is 11.3. The summed E-state index contributed by atoms with van der Waals surface area (Å²) < 4.78 is 45.9. The summed E-state index contributed by atoms with van der Waals surface area (Å²) in [4.78, 5) is 25.8. The average molecular weight is 476 g/mol. The van der Waals surface area contributed by atoms with Crippen LogP contribution in [0.2, 0.25) is 0 Å². The fourth-order valence-corrected chi connectivity index (χ4v) is 4.31. The van der Waals surface area contributed by atoms with Crippen molar-refractivity contribution in [2.24, 2.45) is 0 Å². The van der Waals surface area contributed by atoms with Crippen LogP contribution in [0.1, 0.15) is 39.9 Å². The summed E-state index contributed by atoms with van der Waals surface area (Å²) in [6, 6.07) is 5.25. The highest BCUT2D eigenvalue weighted by atomic mass is 19.4. The molecule has 0 atom stereocenters. The first kappa shape index (κ1) is 24.0. The predicted molar refractivity (Wildman–Crippen MR) is 123 cm³/mol. The van der Waals surface area contributed by atoms with E-state index in [9.17, 15) is 18.0 Å². The molecule has 182 valence electrons. The first-order chi connectivity index (χ1) is 16.2. The maximum atomic E-state index is 13.5. The molecular weight excluding hydrogens is 447 g/mol. The third-order valence-electron chi connectivity index (χ3n) is 6.12. The van der Waals surface area contributed by atoms with Crippen molar-refractivity contribution in [2.45, 2.75) is 25.9 Å². The van der Waals surface area contributed by atoms with E-state index in [2.05, 4.69) is 20.2 Å². The monoisotopic (exact) mass is 475 g/mol. The van der Waals surface area contributed by atoms with Gasteiger partial charge in [0, 0.05) is 56.7 Å². The number of amides is 1. The van der Waals surface area contributed by atoms with Crippen molar-refractivity contribution in [3.63, 3.8) is 0 Å². The van der Waals surface area contributed by atoms with Crippen molar-refractivity contribution in [3.8, 4) is 5.75 Å². The van der Waals surface area contributed by atoms with Gasteiger partial charge in [0.2, 0.25) is 0 Å². The Kier molecular flexibility index (Phi) is 6.79. The van der Waals surface area contributed by atoms with E-state index < -0.39 is 11.7 Å². The fraction of sp³-hybridized carbons (Fsp3) is 0.458. The number of aromatic nitrogens is 2. The van der Waals surface area contributed by atoms with Crippen molar-refractivity contribution in [3.05, 3.63) is 52.5 Å². The highest BCUT2D eigenvalue weighted by Gasteiger charge is 2.40. The number of fused-ring (bicyclic) bond motifs is 1. The smallest absolute Gasteiger partial charge is 0.416 e. The number of anilines is 1. The number of carbonyl (C=O) groups is 1. The number of benzene rings is 1. The molecule has 7 nitrogen and oxygen atoms in total. The van der Waals surface area contributed by atoms with Crippen molar-refractivity contribution in [1.82, 2.24) is 19.8 Å². The average Bonchev–Trinajstić information content (AvgIpc) is 3.24. The lowest BCUT2D eigenvalue weighted by molar-refractivity contribution is -0.0687. The molecule has 0 radical (unpaired) electrons. The van der Waals surface area contributed by atoms with Crippen LogP contribution in [-0.4, -0.2) is 78.7 Å². The van der Waals surface area contributed by atoms with Gasteiger partial charge in [-0.25, -0.2) is 9.97 Å². The zero-order valence-corrected chi connectivity index (χ0v) is 19.5. The molecule has 10 heteroatoms. The molecule has 1 amide bonds. The Hall–Kier alpha value is -3.14. The van der Waals surface area contributed by atoms with Crippen molar-refractivity contribution < 1.29 is 22.7 Å². The standard InChI is InChI=1S/C24H28F3N5O2/c1-4-28-22-21-17(24(25,26)27)7-8-18(21)29-20(30-22)14-15-5-6-16(13-19(15)34-3)23(33)32-11-9-31(2)10-12-32/h5-7,13H,4,8-12,14H2,1-3H3,(H,28,29,30). The van der Waals surface area contributed by atoms with Crippen LogP contribution in [0, 0.1) is 0 Å². The number of carbonyl (C=O) groups excluding carboxylic acids is 1. The third-order valence-corrected chi connectivity index (χ3v) is 6.12. The maximum Gasteiger partial charge on any atom is 0.416 e. The fourth-order valence-electron chi connectivity index (χ4n) is 4.31. The molecule has 1 N–H and O–H groups in total. The van der Waals surface area contributed by atoms with Gasteiger partial charge in [0.05, 0.1) is 23.9 Å². The summed E-state index contributed by atoms with van der Waals surface area (Å²) in [6.45, 7) is 5.23. The van der Waals surface area contributed by atoms with E-state index in [0.29, 0.717) is 42.5 Å². The Morgan fingerprint density at radius 1 is 1.18 bits per heavy atom. The van der Waals surface area contributed by atoms with Gasteiger partial charge in [-0.15, -0.1) is 0 Å².